The maximum absolute atomic E-state index is 13.8. The molecule has 2 nitrogen and oxygen atoms in total. The first-order valence-electron chi connectivity index (χ1n) is 44.5. The van der Waals surface area contributed by atoms with Gasteiger partial charge in [0, 0.05) is 199 Å². The van der Waals surface area contributed by atoms with Gasteiger partial charge in [0.2, 0.25) is 0 Å². The molecule has 0 N–H and O–H groups in total. The second-order valence-electron chi connectivity index (χ2n) is 35.5. The lowest BCUT2D eigenvalue weighted by atomic mass is 9.87. The van der Waals surface area contributed by atoms with E-state index in [2.05, 4.69) is 275 Å². The second kappa shape index (κ2) is 40.1. The maximum Gasteiger partial charge on any atom is 0.187 e. The molecular weight excluding hydrogens is 2130 g/mol. The summed E-state index contributed by atoms with van der Waals surface area (Å²) in [5, 5.41) is 11.7. The third-order valence-electron chi connectivity index (χ3n) is 24.4. The normalized spacial score (nSPS) is 11.6. The van der Waals surface area contributed by atoms with E-state index in [-0.39, 0.29) is 120 Å². The van der Waals surface area contributed by atoms with Crippen LogP contribution in [0.1, 0.15) is 58.2 Å². The van der Waals surface area contributed by atoms with Crippen LogP contribution in [0.15, 0.2) is 388 Å². The lowest BCUT2D eigenvalue weighted by Crippen LogP contribution is -2.10. The standard InChI is InChI=1S/C22H19Br2S.C22H19F2S.C19H13Br2OS.C19H13F2OS.C19H13F2S.C18H11F2S/c2*1-22(2,3)14-4-8-17(9-5-14)25-20-10-6-15(23)12-18(20)19-13-16(24)7-11-21(19)25;2*1-22-14-4-6-15(7-5-14)23-18-8-2-12(20)10-16(18)17-11-13(21)3-9-19(17)23;1-12-2-6-15(7-3-12)22-18-8-4-13(20)10-16(18)17-11-14(21)5-9-19(17)22;19-12-6-8-17-15(10-12)16-11-13(20)7-9-18(16)21(17)14-4-2-1-3-5-14/h2*4-13H,1-3H3;2*2-11H,1H3;2-11H,1H3;1-11H/q6*+1. The first kappa shape index (κ1) is 96.1. The summed E-state index contributed by atoms with van der Waals surface area (Å²) in [5.41, 5.74) is 4.14. The average molecular weight is 2210 g/mol. The van der Waals surface area contributed by atoms with Crippen molar-refractivity contribution in [2.45, 2.75) is 59.3 Å². The fourth-order valence-corrected chi connectivity index (χ4v) is 33.3. The number of thiophene rings is 6. The molecule has 690 valence electrons. The van der Waals surface area contributed by atoms with Gasteiger partial charge in [-0.25, -0.2) is 35.1 Å². The van der Waals surface area contributed by atoms with Gasteiger partial charge < -0.3 is 9.47 Å². The van der Waals surface area contributed by atoms with E-state index >= 15 is 0 Å². The van der Waals surface area contributed by atoms with Crippen molar-refractivity contribution in [3.05, 3.63) is 451 Å². The zero-order chi connectivity index (χ0) is 97.1. The zero-order valence-corrected chi connectivity index (χ0v) is 87.8. The summed E-state index contributed by atoms with van der Waals surface area (Å²) < 4.78 is 138. The third kappa shape index (κ3) is 19.7. The highest BCUT2D eigenvalue weighted by Crippen LogP contribution is 2.57. The Bertz CT molecular complexity index is 8120. The summed E-state index contributed by atoms with van der Waals surface area (Å²) in [6, 6.07) is 117. The molecule has 0 saturated carbocycles. The molecule has 139 heavy (non-hydrogen) atoms. The SMILES string of the molecule is CC(C)(C)c1ccc(-[s+]2c3ccc(Br)cc3c3cc(Br)ccc32)cc1.CC(C)(C)c1ccc(-[s+]2c3ccc(F)cc3c3cc(F)ccc32)cc1.COc1ccc(-[s+]2c3ccc(Br)cc3c3cc(Br)ccc32)cc1.COc1ccc(-[s+]2c3ccc(F)cc3c3cc(F)ccc32)cc1.Cc1ccc(-[s+]2c3ccc(F)cc3c3cc(F)ccc32)cc1.Fc1ccc2c(c1)c1cc(F)ccc1[s+]2-c1ccccc1. The highest BCUT2D eigenvalue weighted by molar-refractivity contribution is 9.11. The maximum atomic E-state index is 13.8. The van der Waals surface area contributed by atoms with Gasteiger partial charge >= 0.3 is 0 Å². The van der Waals surface area contributed by atoms with E-state index in [4.69, 9.17) is 9.47 Å². The molecule has 24 rings (SSSR count). The molecule has 0 atom stereocenters. The van der Waals surface area contributed by atoms with Gasteiger partial charge in [0.25, 0.3) is 0 Å². The van der Waals surface area contributed by atoms with Crippen LogP contribution in [-0.4, -0.2) is 14.2 Å². The topological polar surface area (TPSA) is 18.5 Å². The number of methoxy groups -OCH3 is 2. The van der Waals surface area contributed by atoms with Crippen molar-refractivity contribution in [1.82, 2.24) is 0 Å². The Morgan fingerprint density at radius 3 is 0.547 bits per heavy atom. The molecule has 0 saturated heterocycles. The minimum absolute atomic E-state index is 0.0338. The van der Waals surface area contributed by atoms with Crippen molar-refractivity contribution >= 4 is 248 Å². The Balaban J connectivity index is 0.000000106. The molecule has 6 aromatic heterocycles. The fraction of sp³-hybridized carbons (Fsp3) is 0.0924. The van der Waals surface area contributed by atoms with Gasteiger partial charge in [-0.1, -0.05) is 165 Å². The Labute approximate surface area is 849 Å². The minimum atomic E-state index is -0.356. The summed E-state index contributed by atoms with van der Waals surface area (Å²) in [7, 11) is 1.96. The van der Waals surface area contributed by atoms with Crippen LogP contribution < -0.4 is 9.47 Å². The van der Waals surface area contributed by atoms with E-state index in [1.54, 1.807) is 26.4 Å². The van der Waals surface area contributed by atoms with E-state index in [9.17, 15) is 35.1 Å². The number of benzene rings is 18. The van der Waals surface area contributed by atoms with Crippen molar-refractivity contribution in [2.75, 3.05) is 14.2 Å². The minimum Gasteiger partial charge on any atom is -0.497 e. The molecule has 0 fully saturated rings. The summed E-state index contributed by atoms with van der Waals surface area (Å²) in [6.07, 6.45) is 0. The lowest BCUT2D eigenvalue weighted by molar-refractivity contribution is 0.415. The van der Waals surface area contributed by atoms with E-state index < -0.39 is 0 Å². The lowest BCUT2D eigenvalue weighted by Gasteiger charge is -2.18. The highest BCUT2D eigenvalue weighted by Gasteiger charge is 2.33. The summed E-state index contributed by atoms with van der Waals surface area (Å²) in [5.74, 6) is -0.668. The van der Waals surface area contributed by atoms with Crippen molar-refractivity contribution in [3.63, 3.8) is 0 Å². The van der Waals surface area contributed by atoms with Crippen LogP contribution >= 0.6 is 127 Å². The number of fused-ring (bicyclic) bond motifs is 18. The van der Waals surface area contributed by atoms with Crippen molar-refractivity contribution < 1.29 is 44.6 Å². The molecule has 0 aliphatic rings. The number of hydrogen-bond donors (Lipinski definition) is 0. The van der Waals surface area contributed by atoms with Crippen LogP contribution in [-0.2, 0) is 10.8 Å². The molecule has 0 aliphatic heterocycles. The summed E-state index contributed by atoms with van der Waals surface area (Å²) in [4.78, 5) is 7.31. The molecule has 20 heteroatoms. The van der Waals surface area contributed by atoms with Gasteiger partial charge in [0.05, 0.1) is 57.3 Å². The molecule has 0 spiro atoms. The van der Waals surface area contributed by atoms with Gasteiger partial charge in [0.1, 0.15) is 58.0 Å². The quantitative estimate of drug-likeness (QED) is 0.112. The van der Waals surface area contributed by atoms with Crippen molar-refractivity contribution in [2.24, 2.45) is 0 Å². The Hall–Kier alpha value is -11.8. The van der Waals surface area contributed by atoms with E-state index in [0.717, 1.165) is 120 Å². The average Bonchev–Trinajstić information content (AvgIpc) is 1.57. The monoisotopic (exact) mass is 2210 g/mol. The zero-order valence-electron chi connectivity index (χ0n) is 76.5. The third-order valence-corrected chi connectivity index (χ3v) is 40.4. The molecule has 0 radical (unpaired) electrons. The predicted molar refractivity (Wildman–Crippen MR) is 597 cm³/mol. The molecule has 18 aromatic carbocycles. The molecule has 0 unspecified atom stereocenters. The first-order chi connectivity index (χ1) is 66.9. The Morgan fingerprint density at radius 2 is 0.360 bits per heavy atom. The molecule has 0 bridgehead atoms. The fourth-order valence-electron chi connectivity index (χ4n) is 17.8. The molecule has 6 heterocycles. The van der Waals surface area contributed by atoms with E-state index in [1.165, 1.54) is 174 Å². The van der Waals surface area contributed by atoms with Crippen LogP contribution in [0.3, 0.4) is 0 Å². The van der Waals surface area contributed by atoms with Gasteiger partial charge in [-0.05, 0) is 247 Å². The summed E-state index contributed by atoms with van der Waals surface area (Å²) >= 11 is 14.5. The molecule has 0 aliphatic carbocycles. The molecular formula is C119H88Br4F8O2S6+6. The number of ether oxygens (including phenoxy) is 2. The van der Waals surface area contributed by atoms with Gasteiger partial charge in [-0.2, -0.15) is 0 Å². The molecule has 24 aromatic rings. The van der Waals surface area contributed by atoms with Crippen LogP contribution in [0.4, 0.5) is 35.1 Å². The first-order valence-corrected chi connectivity index (χ1v) is 55.1. The van der Waals surface area contributed by atoms with Gasteiger partial charge in [-0.15, -0.1) is 0 Å². The van der Waals surface area contributed by atoms with Crippen LogP contribution in [0.25, 0.3) is 150 Å². The number of aryl methyl sites for hydroxylation is 1. The number of hydrogen-bond acceptors (Lipinski definition) is 2. The highest BCUT2D eigenvalue weighted by atomic mass is 79.9. The number of halogens is 12. The second-order valence-corrected chi connectivity index (χ2v) is 51.0. The van der Waals surface area contributed by atoms with Crippen molar-refractivity contribution in [1.29, 1.82) is 0 Å². The molecule has 0 amide bonds. The predicted octanol–water partition coefficient (Wildman–Crippen LogP) is 41.5. The van der Waals surface area contributed by atoms with Crippen LogP contribution in [0.2, 0.25) is 0 Å². The van der Waals surface area contributed by atoms with Gasteiger partial charge in [-0.3, -0.25) is 0 Å². The van der Waals surface area contributed by atoms with Crippen LogP contribution in [0, 0.1) is 53.5 Å². The van der Waals surface area contributed by atoms with Crippen LogP contribution in [0.5, 0.6) is 11.5 Å². The van der Waals surface area contributed by atoms with Crippen molar-refractivity contribution in [3.8, 4) is 40.9 Å². The summed E-state index contributed by atoms with van der Waals surface area (Å²) in [6.45, 7) is 15.4. The van der Waals surface area contributed by atoms with E-state index in [0.29, 0.717) is 0 Å². The van der Waals surface area contributed by atoms with E-state index in [1.807, 2.05) is 97.9 Å². The largest absolute Gasteiger partial charge is 0.497 e. The smallest absolute Gasteiger partial charge is 0.187 e. The Kier molecular flexibility index (Phi) is 27.7. The van der Waals surface area contributed by atoms with Gasteiger partial charge in [0.15, 0.2) is 85.8 Å². The Morgan fingerprint density at radius 1 is 0.194 bits per heavy atom. The number of rotatable bonds is 8.